The number of hydrogen-bond acceptors (Lipinski definition) is 2. The van der Waals surface area contributed by atoms with Gasteiger partial charge in [-0.05, 0) is 145 Å². The smallest absolute Gasteiger partial charge is 0.0726 e. The maximum absolute atomic E-state index is 2.56. The summed E-state index contributed by atoms with van der Waals surface area (Å²) in [5.41, 5.74) is 23.4. The van der Waals surface area contributed by atoms with Gasteiger partial charge in [0, 0.05) is 42.7 Å². The Kier molecular flexibility index (Phi) is 8.99. The van der Waals surface area contributed by atoms with Crippen molar-refractivity contribution in [2.24, 2.45) is 0 Å². The van der Waals surface area contributed by atoms with Gasteiger partial charge in [0.1, 0.15) is 0 Å². The van der Waals surface area contributed by atoms with Gasteiger partial charge in [0.2, 0.25) is 0 Å². The first kappa shape index (κ1) is 41.6. The molecule has 0 fully saturated rings. The summed E-state index contributed by atoms with van der Waals surface area (Å²) in [6.45, 7) is 0. The van der Waals surface area contributed by atoms with E-state index < -0.39 is 5.41 Å². The lowest BCUT2D eigenvalue weighted by Crippen LogP contribution is -2.26. The number of aryl methyl sites for hydroxylation is 1. The maximum Gasteiger partial charge on any atom is 0.0726 e. The summed E-state index contributed by atoms with van der Waals surface area (Å²) in [6, 6.07) is 91.1. The Morgan fingerprint density at radius 1 is 0.419 bits per heavy atom. The van der Waals surface area contributed by atoms with Crippen LogP contribution >= 0.6 is 11.3 Å². The highest BCUT2D eigenvalue weighted by molar-refractivity contribution is 7.20. The molecule has 0 unspecified atom stereocenters. The fourth-order valence-corrected chi connectivity index (χ4v) is 14.7. The zero-order valence-electron chi connectivity index (χ0n) is 40.5. The van der Waals surface area contributed by atoms with E-state index in [-0.39, 0.29) is 0 Å². The fourth-order valence-electron chi connectivity index (χ4n) is 13.3. The minimum Gasteiger partial charge on any atom is -0.310 e. The molecule has 0 saturated carbocycles. The predicted molar refractivity (Wildman–Crippen MR) is 313 cm³/mol. The molecule has 3 aliphatic carbocycles. The molecule has 0 radical (unpaired) electrons. The number of fused-ring (bicyclic) bond motifs is 17. The molecule has 3 aliphatic rings. The van der Waals surface area contributed by atoms with E-state index in [0.29, 0.717) is 0 Å². The molecule has 0 atom stereocenters. The second kappa shape index (κ2) is 16.0. The van der Waals surface area contributed by atoms with Crippen LogP contribution in [0.2, 0.25) is 0 Å². The van der Waals surface area contributed by atoms with Crippen molar-refractivity contribution in [1.29, 1.82) is 0 Å². The predicted octanol–water partition coefficient (Wildman–Crippen LogP) is 19.3. The molecule has 16 rings (SSSR count). The average Bonchev–Trinajstić information content (AvgIpc) is 4.21. The number of allylic oxidation sites excluding steroid dienone is 1. The van der Waals surface area contributed by atoms with Crippen LogP contribution in [0.4, 0.5) is 17.1 Å². The quantitative estimate of drug-likeness (QED) is 0.161. The van der Waals surface area contributed by atoms with Crippen LogP contribution in [0.25, 0.3) is 98.9 Å². The number of aromatic nitrogens is 1. The van der Waals surface area contributed by atoms with Gasteiger partial charge < -0.3 is 9.47 Å². The molecular weight excluding hydrogens is 913 g/mol. The standard InChI is InChI=1S/C71H46N2S/c1-2-18-47-43-48(34-33-45(47)17-1)52-41-42-67(69-59-25-9-16-32-68(59)74-70(52)69)72(49-37-35-46(36-38-49)51-19-6-13-29-64(51)73-65-30-14-7-23-57(65)58-24-8-15-31-66(58)73)50-39-40-56-55-22-5-12-28-62(55)71(63(56)44-50)60-26-10-3-20-53(60)54-21-4-11-27-61(54)71/h1-15,17-31,33-44H,16,32H2. The van der Waals surface area contributed by atoms with Crippen LogP contribution in [-0.2, 0) is 11.8 Å². The van der Waals surface area contributed by atoms with Gasteiger partial charge in [0.05, 0.1) is 27.8 Å². The first-order valence-corrected chi connectivity index (χ1v) is 26.7. The number of anilines is 3. The Hall–Kier alpha value is -9.02. The lowest BCUT2D eigenvalue weighted by atomic mass is 9.70. The van der Waals surface area contributed by atoms with E-state index in [1.54, 1.807) is 0 Å². The molecule has 0 saturated heterocycles. The minimum absolute atomic E-state index is 0.472. The third-order valence-electron chi connectivity index (χ3n) is 16.5. The second-order valence-corrected chi connectivity index (χ2v) is 21.3. The lowest BCUT2D eigenvalue weighted by molar-refractivity contribution is 0.793. The molecule has 2 aromatic heterocycles. The van der Waals surface area contributed by atoms with Crippen LogP contribution in [0.15, 0.2) is 249 Å². The summed E-state index contributed by atoms with van der Waals surface area (Å²) >= 11 is 1.98. The topological polar surface area (TPSA) is 8.17 Å². The summed E-state index contributed by atoms with van der Waals surface area (Å²) in [5, 5.41) is 6.34. The third kappa shape index (κ3) is 5.81. The van der Waals surface area contributed by atoms with E-state index in [2.05, 4.69) is 264 Å². The van der Waals surface area contributed by atoms with Gasteiger partial charge in [-0.25, -0.2) is 0 Å². The van der Waals surface area contributed by atoms with Crippen molar-refractivity contribution in [2.45, 2.75) is 18.3 Å². The summed E-state index contributed by atoms with van der Waals surface area (Å²) in [7, 11) is 0. The third-order valence-corrected chi connectivity index (χ3v) is 17.8. The molecule has 13 aromatic rings. The van der Waals surface area contributed by atoms with E-state index in [1.807, 2.05) is 11.3 Å². The Labute approximate surface area is 434 Å². The van der Waals surface area contributed by atoms with Gasteiger partial charge in [0.15, 0.2) is 0 Å². The molecule has 2 heterocycles. The molecule has 2 nitrogen and oxygen atoms in total. The van der Waals surface area contributed by atoms with E-state index in [4.69, 9.17) is 0 Å². The monoisotopic (exact) mass is 958 g/mol. The van der Waals surface area contributed by atoms with Crippen molar-refractivity contribution in [1.82, 2.24) is 4.57 Å². The van der Waals surface area contributed by atoms with Crippen molar-refractivity contribution in [3.05, 3.63) is 281 Å². The van der Waals surface area contributed by atoms with Crippen molar-refractivity contribution < 1.29 is 0 Å². The first-order valence-electron chi connectivity index (χ1n) is 25.9. The Morgan fingerprint density at radius 2 is 0.973 bits per heavy atom. The Balaban J connectivity index is 0.935. The molecule has 74 heavy (non-hydrogen) atoms. The van der Waals surface area contributed by atoms with Crippen LogP contribution in [0.5, 0.6) is 0 Å². The fraction of sp³-hybridized carbons (Fsp3) is 0.0423. The zero-order chi connectivity index (χ0) is 48.5. The molecule has 0 amide bonds. The largest absolute Gasteiger partial charge is 0.310 e. The van der Waals surface area contributed by atoms with Crippen LogP contribution in [0.3, 0.4) is 0 Å². The van der Waals surface area contributed by atoms with Crippen LogP contribution in [0, 0.1) is 0 Å². The number of nitrogens with zero attached hydrogens (tertiary/aromatic N) is 2. The summed E-state index contributed by atoms with van der Waals surface area (Å²) in [4.78, 5) is 4.02. The second-order valence-electron chi connectivity index (χ2n) is 20.2. The van der Waals surface area contributed by atoms with Crippen LogP contribution in [0.1, 0.15) is 39.1 Å². The van der Waals surface area contributed by atoms with Crippen LogP contribution in [-0.4, -0.2) is 4.57 Å². The minimum atomic E-state index is -0.472. The number of para-hydroxylation sites is 3. The molecule has 3 heteroatoms. The highest BCUT2D eigenvalue weighted by atomic mass is 32.1. The normalized spacial score (nSPS) is 13.6. The molecule has 1 spiro atoms. The zero-order valence-corrected chi connectivity index (χ0v) is 41.3. The van der Waals surface area contributed by atoms with Gasteiger partial charge in [-0.2, -0.15) is 0 Å². The van der Waals surface area contributed by atoms with E-state index in [9.17, 15) is 0 Å². The molecule has 346 valence electrons. The van der Waals surface area contributed by atoms with E-state index >= 15 is 0 Å². The maximum atomic E-state index is 2.56. The first-order chi connectivity index (χ1) is 36.7. The molecule has 0 aliphatic heterocycles. The Morgan fingerprint density at radius 3 is 1.68 bits per heavy atom. The van der Waals surface area contributed by atoms with Crippen LogP contribution < -0.4 is 4.90 Å². The van der Waals surface area contributed by atoms with Crippen molar-refractivity contribution in [3.63, 3.8) is 0 Å². The highest BCUT2D eigenvalue weighted by Crippen LogP contribution is 2.63. The van der Waals surface area contributed by atoms with Crippen molar-refractivity contribution in [2.75, 3.05) is 4.90 Å². The van der Waals surface area contributed by atoms with Gasteiger partial charge in [-0.3, -0.25) is 0 Å². The molecule has 11 aromatic carbocycles. The number of benzene rings is 11. The highest BCUT2D eigenvalue weighted by Gasteiger charge is 2.51. The van der Waals surface area contributed by atoms with E-state index in [0.717, 1.165) is 29.9 Å². The van der Waals surface area contributed by atoms with Gasteiger partial charge in [-0.15, -0.1) is 11.3 Å². The molecule has 0 bridgehead atoms. The number of rotatable bonds is 6. The van der Waals surface area contributed by atoms with Crippen molar-refractivity contribution in [3.8, 4) is 50.2 Å². The Bertz CT molecular complexity index is 4390. The van der Waals surface area contributed by atoms with Gasteiger partial charge >= 0.3 is 0 Å². The number of hydrogen-bond donors (Lipinski definition) is 0. The van der Waals surface area contributed by atoms with E-state index in [1.165, 1.54) is 126 Å². The summed E-state index contributed by atoms with van der Waals surface area (Å²) < 4.78 is 3.78. The van der Waals surface area contributed by atoms with Gasteiger partial charge in [0.25, 0.3) is 0 Å². The van der Waals surface area contributed by atoms with Crippen molar-refractivity contribution >= 4 is 77.1 Å². The summed E-state index contributed by atoms with van der Waals surface area (Å²) in [5.74, 6) is 0. The molecule has 0 N–H and O–H groups in total. The SMILES string of the molecule is C1=Cc2c(sc3c(-c4ccc5ccccc5c4)ccc(N(c4ccc(-c5ccccc5-n5c6ccccc6c6ccccc65)cc4)c4ccc5c(c4)C4(c6ccccc6-c6ccccc64)c4ccccc4-5)c23)CC1. The summed E-state index contributed by atoms with van der Waals surface area (Å²) in [6.07, 6.45) is 6.87. The molecular formula is C71H46N2S. The lowest BCUT2D eigenvalue weighted by Gasteiger charge is -2.32. The number of thiophene rings is 1. The average molecular weight is 959 g/mol. The van der Waals surface area contributed by atoms with Gasteiger partial charge in [-0.1, -0.05) is 200 Å².